The molecule has 0 bridgehead atoms. The molecule has 0 aliphatic heterocycles. The average Bonchev–Trinajstić information content (AvgIpc) is 2.71. The number of benzene rings is 3. The van der Waals surface area contributed by atoms with Crippen LogP contribution in [0, 0.1) is 13.8 Å². The van der Waals surface area contributed by atoms with Crippen LogP contribution in [-0.2, 0) is 0 Å². The third-order valence-electron chi connectivity index (χ3n) is 5.41. The van der Waals surface area contributed by atoms with E-state index in [2.05, 4.69) is 0 Å². The topological polar surface area (TPSA) is 71.4 Å². The molecule has 150 valence electrons. The van der Waals surface area contributed by atoms with Crippen molar-refractivity contribution in [2.75, 3.05) is 0 Å². The van der Waals surface area contributed by atoms with E-state index in [1.165, 1.54) is 13.8 Å². The van der Waals surface area contributed by atoms with Gasteiger partial charge >= 0.3 is 0 Å². The fourth-order valence-electron chi connectivity index (χ4n) is 3.75. The van der Waals surface area contributed by atoms with Crippen molar-refractivity contribution in [1.82, 2.24) is 0 Å². The Morgan fingerprint density at radius 1 is 0.767 bits per heavy atom. The fraction of sp³-hybridized carbons (Fsp3) is 0.160. The molecular formula is C25H21O4S+. The molecule has 0 radical (unpaired) electrons. The predicted molar refractivity (Wildman–Crippen MR) is 123 cm³/mol. The highest BCUT2D eigenvalue weighted by molar-refractivity contribution is 7.49. The maximum Gasteiger partial charge on any atom is 0.203 e. The van der Waals surface area contributed by atoms with Gasteiger partial charge in [-0.05, 0) is 51.0 Å². The Balaban J connectivity index is 2.28. The van der Waals surface area contributed by atoms with E-state index in [-0.39, 0.29) is 22.7 Å². The monoisotopic (exact) mass is 417 g/mol. The lowest BCUT2D eigenvalue weighted by Gasteiger charge is -2.08. The van der Waals surface area contributed by atoms with Crippen LogP contribution in [-0.4, -0.2) is 16.7 Å². The number of rotatable bonds is 3. The molecule has 1 heterocycles. The van der Waals surface area contributed by atoms with Crippen molar-refractivity contribution < 1.29 is 14.7 Å². The highest BCUT2D eigenvalue weighted by Crippen LogP contribution is 2.45. The Labute approximate surface area is 176 Å². The first-order chi connectivity index (χ1) is 14.2. The van der Waals surface area contributed by atoms with Crippen LogP contribution in [0.4, 0.5) is 0 Å². The van der Waals surface area contributed by atoms with Crippen molar-refractivity contribution in [3.8, 4) is 10.6 Å². The number of ketones is 2. The second-order valence-electron chi connectivity index (χ2n) is 7.58. The minimum atomic E-state index is -0.697. The van der Waals surface area contributed by atoms with E-state index in [1.54, 1.807) is 36.4 Å². The Bertz CT molecular complexity index is 1340. The third-order valence-corrected chi connectivity index (χ3v) is 7.67. The zero-order valence-electron chi connectivity index (χ0n) is 17.2. The molecule has 0 atom stereocenters. The number of fused-ring (bicyclic) bond motifs is 2. The molecule has 4 aromatic rings. The Morgan fingerprint density at radius 2 is 1.20 bits per heavy atom. The molecule has 0 amide bonds. The number of aromatic hydroxyl groups is 1. The number of Topliss-reactive ketones (excluding diaryl/α,β-unsaturated/α-hetero) is 2. The van der Waals surface area contributed by atoms with E-state index in [9.17, 15) is 19.5 Å². The zero-order chi connectivity index (χ0) is 21.7. The molecule has 1 aromatic heterocycles. The first-order valence-electron chi connectivity index (χ1n) is 9.58. The van der Waals surface area contributed by atoms with Crippen LogP contribution in [0.25, 0.3) is 25.1 Å². The van der Waals surface area contributed by atoms with Crippen LogP contribution in [0.2, 0.25) is 0 Å². The van der Waals surface area contributed by atoms with Crippen LogP contribution < -0.4 is 5.43 Å². The SMILES string of the molecule is CC(=O)c1ccc2c(=O)c3ccc(C(C)=O)cc3[s+](-c3cc(C)c(O)c(C)c3)c2c1. The summed E-state index contributed by atoms with van der Waals surface area (Å²) < 4.78 is 1.54. The maximum atomic E-state index is 13.2. The van der Waals surface area contributed by atoms with Crippen LogP contribution >= 0.6 is 10.5 Å². The summed E-state index contributed by atoms with van der Waals surface area (Å²) in [5, 5.41) is 11.4. The van der Waals surface area contributed by atoms with Gasteiger partial charge < -0.3 is 5.11 Å². The lowest BCUT2D eigenvalue weighted by Crippen LogP contribution is -2.05. The summed E-state index contributed by atoms with van der Waals surface area (Å²) in [6.45, 7) is 6.68. The Morgan fingerprint density at radius 3 is 1.60 bits per heavy atom. The van der Waals surface area contributed by atoms with Gasteiger partial charge in [-0.2, -0.15) is 0 Å². The van der Waals surface area contributed by atoms with E-state index in [1.807, 2.05) is 26.0 Å². The molecule has 0 spiro atoms. The van der Waals surface area contributed by atoms with Crippen LogP contribution in [0.3, 0.4) is 0 Å². The second kappa shape index (κ2) is 7.18. The highest BCUT2D eigenvalue weighted by Gasteiger charge is 2.25. The number of hydrogen-bond donors (Lipinski definition) is 1. The summed E-state index contributed by atoms with van der Waals surface area (Å²) in [5.74, 6) is 0.0937. The Hall–Kier alpha value is -3.31. The first kappa shape index (κ1) is 20.0. The van der Waals surface area contributed by atoms with E-state index in [0.29, 0.717) is 21.9 Å². The molecular weight excluding hydrogens is 396 g/mol. The summed E-state index contributed by atoms with van der Waals surface area (Å²) in [5.41, 5.74) is 2.45. The zero-order valence-corrected chi connectivity index (χ0v) is 18.0. The van der Waals surface area contributed by atoms with Crippen molar-refractivity contribution >= 4 is 42.2 Å². The Kier molecular flexibility index (Phi) is 4.79. The minimum Gasteiger partial charge on any atom is -0.507 e. The minimum absolute atomic E-state index is 0.0739. The van der Waals surface area contributed by atoms with Crippen LogP contribution in [0.5, 0.6) is 5.75 Å². The number of carbonyl (C=O) groups excluding carboxylic acids is 2. The average molecular weight is 418 g/mol. The second-order valence-corrected chi connectivity index (χ2v) is 9.54. The summed E-state index contributed by atoms with van der Waals surface area (Å²) >= 11 is 0. The van der Waals surface area contributed by atoms with Gasteiger partial charge in [0.15, 0.2) is 25.9 Å². The summed E-state index contributed by atoms with van der Waals surface area (Å²) in [6.07, 6.45) is 0. The van der Waals surface area contributed by atoms with Crippen molar-refractivity contribution in [3.05, 3.63) is 81.0 Å². The lowest BCUT2D eigenvalue weighted by atomic mass is 10.1. The standard InChI is InChI=1S/C25H20O4S/c1-13-9-19(10-14(2)24(13)28)30-22-11-17(15(3)26)5-7-20(22)25(29)21-8-6-18(16(4)27)12-23(21)30/h5-12H,1-4H3/p+1. The summed E-state index contributed by atoms with van der Waals surface area (Å²) in [4.78, 5) is 38.2. The van der Waals surface area contributed by atoms with Gasteiger partial charge in [0.05, 0.1) is 10.8 Å². The van der Waals surface area contributed by atoms with E-state index >= 15 is 0 Å². The van der Waals surface area contributed by atoms with Crippen molar-refractivity contribution in [2.45, 2.75) is 27.7 Å². The van der Waals surface area contributed by atoms with Crippen molar-refractivity contribution in [1.29, 1.82) is 0 Å². The first-order valence-corrected chi connectivity index (χ1v) is 10.8. The van der Waals surface area contributed by atoms with Gasteiger partial charge in [-0.15, -0.1) is 0 Å². The molecule has 1 N–H and O–H groups in total. The quantitative estimate of drug-likeness (QED) is 0.259. The lowest BCUT2D eigenvalue weighted by molar-refractivity contribution is 0.100. The summed E-state index contributed by atoms with van der Waals surface area (Å²) in [6, 6.07) is 14.2. The normalized spacial score (nSPS) is 11.2. The molecule has 5 heteroatoms. The predicted octanol–water partition coefficient (Wildman–Crippen LogP) is 5.82. The fourth-order valence-corrected chi connectivity index (χ4v) is 6.33. The molecule has 3 aromatic carbocycles. The molecule has 0 unspecified atom stereocenters. The number of aryl methyl sites for hydroxylation is 2. The molecule has 0 aliphatic rings. The van der Waals surface area contributed by atoms with Gasteiger partial charge in [0, 0.05) is 45.9 Å². The van der Waals surface area contributed by atoms with Gasteiger partial charge in [-0.3, -0.25) is 14.4 Å². The molecule has 0 aliphatic carbocycles. The molecule has 4 nitrogen and oxygen atoms in total. The van der Waals surface area contributed by atoms with E-state index < -0.39 is 10.5 Å². The van der Waals surface area contributed by atoms with Gasteiger partial charge in [0.2, 0.25) is 5.43 Å². The van der Waals surface area contributed by atoms with E-state index in [4.69, 9.17) is 0 Å². The number of phenolic OH excluding ortho intramolecular Hbond substituents is 1. The molecule has 0 fully saturated rings. The van der Waals surface area contributed by atoms with Gasteiger partial charge in [-0.25, -0.2) is 0 Å². The number of phenols is 1. The number of carbonyl (C=O) groups is 2. The van der Waals surface area contributed by atoms with Crippen LogP contribution in [0.1, 0.15) is 45.7 Å². The highest BCUT2D eigenvalue weighted by atomic mass is 32.2. The smallest absolute Gasteiger partial charge is 0.203 e. The molecule has 0 saturated heterocycles. The maximum absolute atomic E-state index is 13.2. The molecule has 4 rings (SSSR count). The molecule has 0 saturated carbocycles. The van der Waals surface area contributed by atoms with Gasteiger partial charge in [0.25, 0.3) is 0 Å². The van der Waals surface area contributed by atoms with Gasteiger partial charge in [-0.1, -0.05) is 12.1 Å². The number of hydrogen-bond acceptors (Lipinski definition) is 4. The summed E-state index contributed by atoms with van der Waals surface area (Å²) in [7, 11) is -0.697. The van der Waals surface area contributed by atoms with Crippen molar-refractivity contribution in [3.63, 3.8) is 0 Å². The van der Waals surface area contributed by atoms with E-state index in [0.717, 1.165) is 25.4 Å². The largest absolute Gasteiger partial charge is 0.507 e. The van der Waals surface area contributed by atoms with Crippen molar-refractivity contribution in [2.24, 2.45) is 0 Å². The van der Waals surface area contributed by atoms with Crippen LogP contribution in [0.15, 0.2) is 53.3 Å². The third kappa shape index (κ3) is 3.12. The molecule has 30 heavy (non-hydrogen) atoms. The van der Waals surface area contributed by atoms with Gasteiger partial charge in [0.1, 0.15) is 5.75 Å².